The fourth-order valence-corrected chi connectivity index (χ4v) is 2.86. The van der Waals surface area contributed by atoms with Gasteiger partial charge in [-0.15, -0.1) is 0 Å². The summed E-state index contributed by atoms with van der Waals surface area (Å²) in [5, 5.41) is 3.79. The molecule has 0 bridgehead atoms. The van der Waals surface area contributed by atoms with Gasteiger partial charge in [0.2, 0.25) is 5.91 Å². The van der Waals surface area contributed by atoms with Gasteiger partial charge in [-0.3, -0.25) is 9.59 Å². The molecule has 0 atom stereocenters. The number of amides is 1. The fraction of sp³-hybridized carbons (Fsp3) is 0.211. The Bertz CT molecular complexity index is 946. The number of methoxy groups -OCH3 is 1. The molecule has 0 radical (unpaired) electrons. The summed E-state index contributed by atoms with van der Waals surface area (Å²) in [5.41, 5.74) is 2.15. The van der Waals surface area contributed by atoms with Crippen LogP contribution in [0.4, 0.5) is 13.2 Å². The molecular formula is C19H16BrF3N2O4. The summed E-state index contributed by atoms with van der Waals surface area (Å²) in [4.78, 5) is 23.1. The minimum atomic E-state index is -4.48. The zero-order chi connectivity index (χ0) is 21.6. The van der Waals surface area contributed by atoms with E-state index in [0.29, 0.717) is 10.0 Å². The lowest BCUT2D eigenvalue weighted by Gasteiger charge is -2.11. The monoisotopic (exact) mass is 472 g/mol. The van der Waals surface area contributed by atoms with Crippen molar-refractivity contribution < 1.29 is 32.2 Å². The van der Waals surface area contributed by atoms with Crippen molar-refractivity contribution in [3.63, 3.8) is 0 Å². The molecule has 154 valence electrons. The number of hydrazone groups is 1. The molecule has 0 aliphatic carbocycles. The van der Waals surface area contributed by atoms with Crippen LogP contribution in [0, 0.1) is 0 Å². The Morgan fingerprint density at radius 3 is 2.59 bits per heavy atom. The number of halogens is 4. The topological polar surface area (TPSA) is 77.0 Å². The minimum Gasteiger partial charge on any atom is -0.493 e. The first kappa shape index (κ1) is 22.4. The maximum Gasteiger partial charge on any atom is 0.416 e. The average molecular weight is 473 g/mol. The van der Waals surface area contributed by atoms with Gasteiger partial charge in [0.1, 0.15) is 0 Å². The van der Waals surface area contributed by atoms with Gasteiger partial charge in [-0.2, -0.15) is 18.3 Å². The van der Waals surface area contributed by atoms with Gasteiger partial charge >= 0.3 is 12.1 Å². The maximum absolute atomic E-state index is 12.7. The van der Waals surface area contributed by atoms with Gasteiger partial charge in [0, 0.05) is 6.92 Å². The van der Waals surface area contributed by atoms with E-state index in [9.17, 15) is 22.8 Å². The highest BCUT2D eigenvalue weighted by Gasteiger charge is 2.30. The molecule has 0 saturated carbocycles. The van der Waals surface area contributed by atoms with Crippen LogP contribution in [0.2, 0.25) is 0 Å². The van der Waals surface area contributed by atoms with Crippen LogP contribution in [0.15, 0.2) is 46.0 Å². The number of carbonyl (C=O) groups excluding carboxylic acids is 2. The van der Waals surface area contributed by atoms with Crippen molar-refractivity contribution in [2.24, 2.45) is 5.10 Å². The molecule has 0 spiro atoms. The number of nitrogens with zero attached hydrogens (tertiary/aromatic N) is 1. The summed E-state index contributed by atoms with van der Waals surface area (Å²) < 4.78 is 48.8. The van der Waals surface area contributed by atoms with Crippen molar-refractivity contribution in [3.05, 3.63) is 57.6 Å². The van der Waals surface area contributed by atoms with Crippen LogP contribution >= 0.6 is 15.9 Å². The van der Waals surface area contributed by atoms with E-state index >= 15 is 0 Å². The van der Waals surface area contributed by atoms with Crippen LogP contribution in [0.25, 0.3) is 0 Å². The number of nitrogens with one attached hydrogen (secondary N) is 1. The third kappa shape index (κ3) is 6.60. The van der Waals surface area contributed by atoms with Crippen LogP contribution in [0.5, 0.6) is 11.5 Å². The van der Waals surface area contributed by atoms with E-state index in [1.54, 1.807) is 6.07 Å². The quantitative estimate of drug-likeness (QED) is 0.297. The smallest absolute Gasteiger partial charge is 0.416 e. The van der Waals surface area contributed by atoms with E-state index in [2.05, 4.69) is 26.5 Å². The van der Waals surface area contributed by atoms with E-state index in [4.69, 9.17) is 9.47 Å². The molecule has 2 rings (SSSR count). The van der Waals surface area contributed by atoms with Crippen molar-refractivity contribution in [3.8, 4) is 11.5 Å². The average Bonchev–Trinajstić information content (AvgIpc) is 2.63. The van der Waals surface area contributed by atoms with Gasteiger partial charge in [-0.25, -0.2) is 5.43 Å². The van der Waals surface area contributed by atoms with Gasteiger partial charge in [-0.05, 0) is 45.3 Å². The third-order valence-electron chi connectivity index (χ3n) is 3.52. The molecule has 0 saturated heterocycles. The standard InChI is InChI=1S/C19H16BrF3N2O4/c1-11(26)29-18-15(20)7-13(8-16(18)28-2)10-24-25-17(27)9-12-4-3-5-14(6-12)19(21,22)23/h3-8,10H,9H2,1-2H3,(H,25,27)/b24-10-. The Hall–Kier alpha value is -2.88. The number of hydrogen-bond acceptors (Lipinski definition) is 5. The first-order valence-corrected chi connectivity index (χ1v) is 8.93. The number of rotatable bonds is 6. The van der Waals surface area contributed by atoms with E-state index < -0.39 is 23.6 Å². The molecule has 0 aliphatic heterocycles. The molecule has 0 unspecified atom stereocenters. The van der Waals surface area contributed by atoms with Gasteiger partial charge in [0.25, 0.3) is 0 Å². The highest BCUT2D eigenvalue weighted by Crippen LogP contribution is 2.36. The van der Waals surface area contributed by atoms with Crippen LogP contribution in [0.1, 0.15) is 23.6 Å². The van der Waals surface area contributed by atoms with Crippen LogP contribution in [-0.4, -0.2) is 25.2 Å². The molecule has 1 amide bonds. The zero-order valence-corrected chi connectivity index (χ0v) is 16.9. The number of hydrogen-bond donors (Lipinski definition) is 1. The number of alkyl halides is 3. The van der Waals surface area contributed by atoms with Crippen LogP contribution < -0.4 is 14.9 Å². The molecular weight excluding hydrogens is 457 g/mol. The first-order valence-electron chi connectivity index (χ1n) is 8.14. The predicted molar refractivity (Wildman–Crippen MR) is 103 cm³/mol. The number of benzene rings is 2. The Balaban J connectivity index is 2.05. The van der Waals surface area contributed by atoms with E-state index in [1.807, 2.05) is 0 Å². The molecule has 0 aliphatic rings. The molecule has 1 N–H and O–H groups in total. The van der Waals surface area contributed by atoms with Crippen molar-refractivity contribution in [1.82, 2.24) is 5.43 Å². The SMILES string of the molecule is COc1cc(/C=N\NC(=O)Cc2cccc(C(F)(F)F)c2)cc(Br)c1OC(C)=O. The molecule has 0 fully saturated rings. The lowest BCUT2D eigenvalue weighted by atomic mass is 10.1. The summed E-state index contributed by atoms with van der Waals surface area (Å²) in [6.07, 6.45) is -3.43. The second-order valence-electron chi connectivity index (χ2n) is 5.80. The fourth-order valence-electron chi connectivity index (χ4n) is 2.32. The molecule has 29 heavy (non-hydrogen) atoms. The molecule has 2 aromatic carbocycles. The molecule has 0 heterocycles. The normalized spacial score (nSPS) is 11.4. The predicted octanol–water partition coefficient (Wildman–Crippen LogP) is 4.09. The summed E-state index contributed by atoms with van der Waals surface area (Å²) in [6.45, 7) is 1.25. The Kier molecular flexibility index (Phi) is 7.38. The lowest BCUT2D eigenvalue weighted by molar-refractivity contribution is -0.137. The summed E-state index contributed by atoms with van der Waals surface area (Å²) in [6, 6.07) is 7.63. The van der Waals surface area contributed by atoms with E-state index in [1.165, 1.54) is 38.4 Å². The van der Waals surface area contributed by atoms with Crippen molar-refractivity contribution in [1.29, 1.82) is 0 Å². The van der Waals surface area contributed by atoms with Gasteiger partial charge in [-0.1, -0.05) is 18.2 Å². The second kappa shape index (κ2) is 9.55. The largest absolute Gasteiger partial charge is 0.493 e. The minimum absolute atomic E-state index is 0.200. The highest BCUT2D eigenvalue weighted by molar-refractivity contribution is 9.10. The third-order valence-corrected chi connectivity index (χ3v) is 4.11. The number of esters is 1. The van der Waals surface area contributed by atoms with E-state index in [-0.39, 0.29) is 23.5 Å². The molecule has 10 heteroatoms. The van der Waals surface area contributed by atoms with Crippen molar-refractivity contribution in [2.45, 2.75) is 19.5 Å². The van der Waals surface area contributed by atoms with Crippen LogP contribution in [-0.2, 0) is 22.2 Å². The van der Waals surface area contributed by atoms with Crippen molar-refractivity contribution >= 4 is 34.0 Å². The Morgan fingerprint density at radius 2 is 1.97 bits per heavy atom. The maximum atomic E-state index is 12.7. The Morgan fingerprint density at radius 1 is 1.24 bits per heavy atom. The number of carbonyl (C=O) groups is 2. The molecule has 0 aromatic heterocycles. The molecule has 6 nitrogen and oxygen atoms in total. The lowest BCUT2D eigenvalue weighted by Crippen LogP contribution is -2.20. The van der Waals surface area contributed by atoms with Gasteiger partial charge in [0.05, 0.1) is 29.8 Å². The molecule has 2 aromatic rings. The summed E-state index contributed by atoms with van der Waals surface area (Å²) in [5.74, 6) is -0.632. The van der Waals surface area contributed by atoms with Crippen molar-refractivity contribution in [2.75, 3.05) is 7.11 Å². The zero-order valence-electron chi connectivity index (χ0n) is 15.3. The van der Waals surface area contributed by atoms with Gasteiger partial charge in [0.15, 0.2) is 11.5 Å². The number of ether oxygens (including phenoxy) is 2. The Labute approximate surface area is 172 Å². The summed E-state index contributed by atoms with van der Waals surface area (Å²) in [7, 11) is 1.40. The second-order valence-corrected chi connectivity index (χ2v) is 6.65. The highest BCUT2D eigenvalue weighted by atomic mass is 79.9. The summed E-state index contributed by atoms with van der Waals surface area (Å²) >= 11 is 3.26. The van der Waals surface area contributed by atoms with Gasteiger partial charge < -0.3 is 9.47 Å². The first-order chi connectivity index (χ1) is 13.6. The van der Waals surface area contributed by atoms with Crippen LogP contribution in [0.3, 0.4) is 0 Å². The van der Waals surface area contributed by atoms with E-state index in [0.717, 1.165) is 12.1 Å².